The molecule has 94 valence electrons. The van der Waals surface area contributed by atoms with E-state index in [4.69, 9.17) is 0 Å². The molecule has 2 rings (SSSR count). The molecule has 4 nitrogen and oxygen atoms in total. The summed E-state index contributed by atoms with van der Waals surface area (Å²) in [5.41, 5.74) is 2.03. The van der Waals surface area contributed by atoms with Crippen molar-refractivity contribution in [2.24, 2.45) is 0 Å². The first-order valence-electron chi connectivity index (χ1n) is 5.83. The summed E-state index contributed by atoms with van der Waals surface area (Å²) in [4.78, 5) is 24.6. The second kappa shape index (κ2) is 5.04. The maximum Gasteiger partial charge on any atom is 0.326 e. The van der Waals surface area contributed by atoms with Crippen molar-refractivity contribution in [2.75, 3.05) is 0 Å². The van der Waals surface area contributed by atoms with Crippen LogP contribution in [0.2, 0.25) is 0 Å². The van der Waals surface area contributed by atoms with E-state index in [2.05, 4.69) is 6.58 Å². The molecule has 1 amide bonds. The van der Waals surface area contributed by atoms with Crippen LogP contribution >= 0.6 is 0 Å². The van der Waals surface area contributed by atoms with Crippen molar-refractivity contribution in [3.05, 3.63) is 48.0 Å². The first-order valence-corrected chi connectivity index (χ1v) is 5.83. The lowest BCUT2D eigenvalue weighted by atomic mass is 9.93. The minimum absolute atomic E-state index is 0.173. The van der Waals surface area contributed by atoms with E-state index in [0.717, 1.165) is 11.1 Å². The number of amides is 1. The lowest BCUT2D eigenvalue weighted by molar-refractivity contribution is -0.151. The van der Waals surface area contributed by atoms with Gasteiger partial charge < -0.3 is 10.0 Å². The standard InChI is InChI=1S/C14H15NO3/c1-2-5-13(16)15-9-11-7-4-3-6-10(11)8-12(15)14(17)18/h2-4,6-7,12H,1,5,8-9H2,(H,17,18)/t12-/m0/s1. The van der Waals surface area contributed by atoms with Crippen molar-refractivity contribution < 1.29 is 14.7 Å². The summed E-state index contributed by atoms with van der Waals surface area (Å²) in [5, 5.41) is 9.23. The topological polar surface area (TPSA) is 57.6 Å². The molecule has 0 unspecified atom stereocenters. The average molecular weight is 245 g/mol. The lowest BCUT2D eigenvalue weighted by Crippen LogP contribution is -2.48. The van der Waals surface area contributed by atoms with Crippen LogP contribution in [-0.4, -0.2) is 27.9 Å². The Bertz CT molecular complexity index is 496. The van der Waals surface area contributed by atoms with E-state index in [1.54, 1.807) is 0 Å². The number of carbonyl (C=O) groups excluding carboxylic acids is 1. The molecular formula is C14H15NO3. The van der Waals surface area contributed by atoms with Crippen LogP contribution in [0.15, 0.2) is 36.9 Å². The van der Waals surface area contributed by atoms with Gasteiger partial charge in [0, 0.05) is 19.4 Å². The number of carbonyl (C=O) groups is 2. The van der Waals surface area contributed by atoms with E-state index in [1.165, 1.54) is 11.0 Å². The number of nitrogens with zero attached hydrogens (tertiary/aromatic N) is 1. The Balaban J connectivity index is 2.31. The van der Waals surface area contributed by atoms with Gasteiger partial charge in [-0.1, -0.05) is 30.3 Å². The number of rotatable bonds is 3. The molecule has 4 heteroatoms. The molecule has 0 fully saturated rings. The maximum atomic E-state index is 11.9. The fourth-order valence-electron chi connectivity index (χ4n) is 2.25. The molecule has 0 radical (unpaired) electrons. The first kappa shape index (κ1) is 12.4. The molecule has 1 aromatic rings. The Morgan fingerprint density at radius 2 is 2.06 bits per heavy atom. The smallest absolute Gasteiger partial charge is 0.326 e. The summed E-state index contributed by atoms with van der Waals surface area (Å²) in [6.07, 6.45) is 2.04. The zero-order chi connectivity index (χ0) is 13.1. The Morgan fingerprint density at radius 1 is 1.39 bits per heavy atom. The molecule has 1 heterocycles. The number of benzene rings is 1. The van der Waals surface area contributed by atoms with Gasteiger partial charge in [-0.3, -0.25) is 4.79 Å². The van der Waals surface area contributed by atoms with Gasteiger partial charge >= 0.3 is 5.97 Å². The molecule has 0 saturated heterocycles. The van der Waals surface area contributed by atoms with E-state index in [1.807, 2.05) is 24.3 Å². The van der Waals surface area contributed by atoms with Crippen LogP contribution in [0.25, 0.3) is 0 Å². The number of carboxylic acids is 1. The Hall–Kier alpha value is -2.10. The van der Waals surface area contributed by atoms with Gasteiger partial charge in [0.15, 0.2) is 0 Å². The second-order valence-corrected chi connectivity index (χ2v) is 4.34. The number of hydrogen-bond acceptors (Lipinski definition) is 2. The highest BCUT2D eigenvalue weighted by molar-refractivity contribution is 5.85. The third-order valence-corrected chi connectivity index (χ3v) is 3.17. The predicted molar refractivity (Wildman–Crippen MR) is 66.9 cm³/mol. The van der Waals surface area contributed by atoms with Gasteiger partial charge in [0.25, 0.3) is 0 Å². The van der Waals surface area contributed by atoms with Crippen molar-refractivity contribution in [1.29, 1.82) is 0 Å². The monoisotopic (exact) mass is 245 g/mol. The summed E-state index contributed by atoms with van der Waals surface area (Å²) in [5.74, 6) is -1.14. The quantitative estimate of drug-likeness (QED) is 0.823. The highest BCUT2D eigenvalue weighted by Gasteiger charge is 2.33. The van der Waals surface area contributed by atoms with Gasteiger partial charge in [-0.2, -0.15) is 0 Å². The molecule has 1 aliphatic rings. The van der Waals surface area contributed by atoms with Gasteiger partial charge in [0.05, 0.1) is 0 Å². The molecule has 1 atom stereocenters. The van der Waals surface area contributed by atoms with Crippen molar-refractivity contribution in [1.82, 2.24) is 4.90 Å². The van der Waals surface area contributed by atoms with Gasteiger partial charge in [0.2, 0.25) is 5.91 Å². The Morgan fingerprint density at radius 3 is 2.67 bits per heavy atom. The van der Waals surface area contributed by atoms with Crippen LogP contribution in [0.5, 0.6) is 0 Å². The molecule has 0 aromatic heterocycles. The van der Waals surface area contributed by atoms with E-state index in [0.29, 0.717) is 13.0 Å². The number of hydrogen-bond donors (Lipinski definition) is 1. The molecule has 1 aliphatic heterocycles. The molecule has 0 spiro atoms. The zero-order valence-corrected chi connectivity index (χ0v) is 10.0. The molecule has 0 saturated carbocycles. The van der Waals surface area contributed by atoms with Crippen molar-refractivity contribution in [3.8, 4) is 0 Å². The molecule has 1 aromatic carbocycles. The molecule has 0 bridgehead atoms. The van der Waals surface area contributed by atoms with Crippen molar-refractivity contribution in [3.63, 3.8) is 0 Å². The van der Waals surface area contributed by atoms with E-state index < -0.39 is 12.0 Å². The van der Waals surface area contributed by atoms with E-state index in [9.17, 15) is 14.7 Å². The third-order valence-electron chi connectivity index (χ3n) is 3.17. The fraction of sp³-hybridized carbons (Fsp3) is 0.286. The molecular weight excluding hydrogens is 230 g/mol. The van der Waals surface area contributed by atoms with Crippen LogP contribution in [0.4, 0.5) is 0 Å². The third kappa shape index (κ3) is 2.27. The summed E-state index contributed by atoms with van der Waals surface area (Å²) in [7, 11) is 0. The molecule has 1 N–H and O–H groups in total. The van der Waals surface area contributed by atoms with Gasteiger partial charge in [0.1, 0.15) is 6.04 Å². The van der Waals surface area contributed by atoms with Crippen LogP contribution in [-0.2, 0) is 22.6 Å². The largest absolute Gasteiger partial charge is 0.480 e. The molecule has 0 aliphatic carbocycles. The first-order chi connectivity index (χ1) is 8.63. The lowest BCUT2D eigenvalue weighted by Gasteiger charge is -2.34. The predicted octanol–water partition coefficient (Wildman–Crippen LogP) is 1.60. The van der Waals surface area contributed by atoms with Crippen LogP contribution < -0.4 is 0 Å². The summed E-state index contributed by atoms with van der Waals surface area (Å²) in [6, 6.07) is 6.87. The second-order valence-electron chi connectivity index (χ2n) is 4.34. The van der Waals surface area contributed by atoms with Gasteiger partial charge in [-0.25, -0.2) is 4.79 Å². The van der Waals surface area contributed by atoms with E-state index >= 15 is 0 Å². The minimum Gasteiger partial charge on any atom is -0.480 e. The Kier molecular flexibility index (Phi) is 3.46. The van der Waals surface area contributed by atoms with Gasteiger partial charge in [-0.05, 0) is 11.1 Å². The van der Waals surface area contributed by atoms with Crippen molar-refractivity contribution >= 4 is 11.9 Å². The van der Waals surface area contributed by atoms with Crippen LogP contribution in [0.1, 0.15) is 17.5 Å². The minimum atomic E-state index is -0.957. The highest BCUT2D eigenvalue weighted by atomic mass is 16.4. The maximum absolute atomic E-state index is 11.9. The van der Waals surface area contributed by atoms with Gasteiger partial charge in [-0.15, -0.1) is 6.58 Å². The van der Waals surface area contributed by atoms with Crippen molar-refractivity contribution in [2.45, 2.75) is 25.4 Å². The normalized spacial score (nSPS) is 18.0. The van der Waals surface area contributed by atoms with E-state index in [-0.39, 0.29) is 12.3 Å². The fourth-order valence-corrected chi connectivity index (χ4v) is 2.25. The van der Waals surface area contributed by atoms with Crippen LogP contribution in [0.3, 0.4) is 0 Å². The summed E-state index contributed by atoms with van der Waals surface area (Å²) < 4.78 is 0. The summed E-state index contributed by atoms with van der Waals surface area (Å²) >= 11 is 0. The molecule has 18 heavy (non-hydrogen) atoms. The SMILES string of the molecule is C=CCC(=O)N1Cc2ccccc2C[C@H]1C(=O)O. The number of fused-ring (bicyclic) bond motifs is 1. The number of carboxylic acid groups (broad SMARTS) is 1. The Labute approximate surface area is 106 Å². The average Bonchev–Trinajstić information content (AvgIpc) is 2.37. The zero-order valence-electron chi connectivity index (χ0n) is 10.0. The highest BCUT2D eigenvalue weighted by Crippen LogP contribution is 2.24. The van der Waals surface area contributed by atoms with Crippen LogP contribution in [0, 0.1) is 0 Å². The summed E-state index contributed by atoms with van der Waals surface area (Å²) in [6.45, 7) is 3.88. The number of aliphatic carboxylic acids is 1.